The second-order valence-corrected chi connectivity index (χ2v) is 14.9. The smallest absolute Gasteiger partial charge is 0.220 e. The maximum atomic E-state index is 13.2. The van der Waals surface area contributed by atoms with E-state index < -0.39 is 0 Å². The summed E-state index contributed by atoms with van der Waals surface area (Å²) in [5.41, 5.74) is 18.8. The van der Waals surface area contributed by atoms with Crippen LogP contribution in [0.1, 0.15) is 110 Å². The average Bonchev–Trinajstić information content (AvgIpc) is 3.87. The van der Waals surface area contributed by atoms with Crippen molar-refractivity contribution in [3.05, 3.63) is 141 Å². The summed E-state index contributed by atoms with van der Waals surface area (Å²) >= 11 is 0. The number of carbonyl (C=O) groups is 2. The van der Waals surface area contributed by atoms with E-state index in [0.29, 0.717) is 38.8 Å². The molecule has 0 saturated carbocycles. The summed E-state index contributed by atoms with van der Waals surface area (Å²) in [6.45, 7) is 13.9. The third kappa shape index (κ3) is 8.15. The number of rotatable bonds is 12. The Morgan fingerprint density at radius 1 is 0.536 bits per heavy atom. The Balaban J connectivity index is 1.33. The first-order valence-corrected chi connectivity index (χ1v) is 19.9. The number of benzene rings is 2. The van der Waals surface area contributed by atoms with Crippen molar-refractivity contribution in [2.75, 3.05) is 0 Å². The molecule has 56 heavy (non-hydrogen) atoms. The van der Waals surface area contributed by atoms with Gasteiger partial charge in [0.05, 0.1) is 22.8 Å². The topological polar surface area (TPSA) is 116 Å². The Morgan fingerprint density at radius 2 is 0.946 bits per heavy atom. The number of nitrogens with zero attached hydrogens (tertiary/aromatic N) is 2. The van der Waals surface area contributed by atoms with Crippen molar-refractivity contribution in [3.8, 4) is 0 Å². The summed E-state index contributed by atoms with van der Waals surface area (Å²) in [5.74, 6) is -0.0167. The molecule has 5 aromatic rings. The highest BCUT2D eigenvalue weighted by Gasteiger charge is 2.23. The van der Waals surface area contributed by atoms with Crippen LogP contribution in [0.25, 0.3) is 44.4 Å². The zero-order valence-electron chi connectivity index (χ0n) is 33.5. The third-order valence-corrected chi connectivity index (χ3v) is 11.4. The third-order valence-electron chi connectivity index (χ3n) is 11.4. The summed E-state index contributed by atoms with van der Waals surface area (Å²) in [5, 5.41) is 6.18. The maximum Gasteiger partial charge on any atom is 0.220 e. The molecule has 5 heterocycles. The van der Waals surface area contributed by atoms with Gasteiger partial charge in [-0.05, 0) is 133 Å². The lowest BCUT2D eigenvalue weighted by Gasteiger charge is -2.09. The van der Waals surface area contributed by atoms with E-state index >= 15 is 0 Å². The van der Waals surface area contributed by atoms with Crippen LogP contribution < -0.4 is 10.6 Å². The number of allylic oxidation sites excluding steroid dienone is 4. The molecule has 0 aliphatic carbocycles. The van der Waals surface area contributed by atoms with Crippen LogP contribution in [0, 0.1) is 13.8 Å². The second kappa shape index (κ2) is 16.8. The predicted octanol–water partition coefficient (Wildman–Crippen LogP) is 10.1. The van der Waals surface area contributed by atoms with Crippen LogP contribution in [0.4, 0.5) is 0 Å². The monoisotopic (exact) mass is 744 g/mol. The second-order valence-electron chi connectivity index (χ2n) is 14.9. The number of amides is 2. The number of nitrogens with one attached hydrogen (secondary N) is 4. The van der Waals surface area contributed by atoms with E-state index in [9.17, 15) is 9.59 Å². The molecule has 0 saturated heterocycles. The lowest BCUT2D eigenvalue weighted by molar-refractivity contribution is -0.121. The first kappa shape index (κ1) is 38.3. The molecule has 2 aliphatic heterocycles. The molecule has 0 atom stereocenters. The number of aromatic amines is 2. The molecule has 8 heteroatoms. The molecule has 0 fully saturated rings. The Labute approximate surface area is 329 Å². The van der Waals surface area contributed by atoms with E-state index in [1.54, 1.807) is 0 Å². The van der Waals surface area contributed by atoms with Crippen LogP contribution in [-0.2, 0) is 35.5 Å². The summed E-state index contributed by atoms with van der Waals surface area (Å²) in [4.78, 5) is 44.4. The van der Waals surface area contributed by atoms with Crippen molar-refractivity contribution >= 4 is 56.2 Å². The summed E-state index contributed by atoms with van der Waals surface area (Å²) in [7, 11) is 0. The lowest BCUT2D eigenvalue weighted by Crippen LogP contribution is -2.22. The maximum absolute atomic E-state index is 13.2. The van der Waals surface area contributed by atoms with Gasteiger partial charge in [-0.1, -0.05) is 74.5 Å². The molecule has 0 radical (unpaired) electrons. The van der Waals surface area contributed by atoms with Gasteiger partial charge in [0.2, 0.25) is 11.8 Å². The minimum atomic E-state index is -0.00849. The van der Waals surface area contributed by atoms with Gasteiger partial charge in [-0.2, -0.15) is 0 Å². The van der Waals surface area contributed by atoms with Gasteiger partial charge in [-0.25, -0.2) is 9.97 Å². The van der Waals surface area contributed by atoms with E-state index in [1.165, 1.54) is 22.3 Å². The van der Waals surface area contributed by atoms with Crippen molar-refractivity contribution in [3.63, 3.8) is 0 Å². The Morgan fingerprint density at radius 3 is 1.39 bits per heavy atom. The van der Waals surface area contributed by atoms with E-state index in [0.717, 1.165) is 91.1 Å². The molecular formula is C48H52N6O2. The Kier molecular flexibility index (Phi) is 11.5. The van der Waals surface area contributed by atoms with Gasteiger partial charge < -0.3 is 20.6 Å². The predicted molar refractivity (Wildman–Crippen MR) is 229 cm³/mol. The van der Waals surface area contributed by atoms with Gasteiger partial charge in [0.25, 0.3) is 0 Å². The normalized spacial score (nSPS) is 12.7. The summed E-state index contributed by atoms with van der Waals surface area (Å²) < 4.78 is 0. The zero-order valence-corrected chi connectivity index (χ0v) is 33.5. The molecule has 4 N–H and O–H groups in total. The Bertz CT molecular complexity index is 2520. The van der Waals surface area contributed by atoms with Crippen LogP contribution >= 0.6 is 0 Å². The quantitative estimate of drug-likeness (QED) is 0.102. The van der Waals surface area contributed by atoms with Crippen LogP contribution in [0.3, 0.4) is 0 Å². The number of H-pyrrole nitrogens is 2. The molecule has 2 aromatic carbocycles. The molecular weight excluding hydrogens is 693 g/mol. The molecule has 286 valence electrons. The van der Waals surface area contributed by atoms with Gasteiger partial charge in [0.1, 0.15) is 0 Å². The van der Waals surface area contributed by atoms with E-state index in [-0.39, 0.29) is 11.8 Å². The molecule has 8 nitrogen and oxygen atoms in total. The van der Waals surface area contributed by atoms with Crippen molar-refractivity contribution < 1.29 is 9.59 Å². The standard InChI is InChI=1S/C48H52N6O2/c1-7-35-29(3)39-23-40-31(5)37(19-21-47(55)49-27-33-15-11-9-12-16-33)45(53-40)26-46-38(20-22-48(56)50-28-34-17-13-10-14-18-34)32(6)42(54-46)25-44-36(8-2)30(4)41(52-44)24-43(35)51-39/h9-18,23-26,51-52H,7-8,19-22,27-28H2,1-6H3,(H,49,55)(H,50,56). The molecule has 7 rings (SSSR count). The molecule has 8 bridgehead atoms. The SMILES string of the molecule is CCc1c(C)c2cc3[nH]c(cc4nc(cc5nc(cc1[nH]2)C(C)=C5CCC(=O)NCc1ccccc1)C(CCC(=O)NCc1ccccc1)=C4C)c(C)c3CC. The van der Waals surface area contributed by atoms with E-state index in [1.807, 2.05) is 60.7 Å². The number of aromatic nitrogens is 4. The molecule has 2 amide bonds. The van der Waals surface area contributed by atoms with Gasteiger partial charge in [-0.3, -0.25) is 9.59 Å². The number of fused-ring (bicyclic) bond motifs is 8. The van der Waals surface area contributed by atoms with Gasteiger partial charge in [0.15, 0.2) is 0 Å². The van der Waals surface area contributed by atoms with E-state index in [4.69, 9.17) is 9.97 Å². The van der Waals surface area contributed by atoms with Crippen molar-refractivity contribution in [1.29, 1.82) is 0 Å². The van der Waals surface area contributed by atoms with Crippen LogP contribution in [0.5, 0.6) is 0 Å². The fourth-order valence-electron chi connectivity index (χ4n) is 8.00. The van der Waals surface area contributed by atoms with Gasteiger partial charge >= 0.3 is 0 Å². The number of aryl methyl sites for hydroxylation is 4. The Hall–Kier alpha value is -6.02. The fourth-order valence-corrected chi connectivity index (χ4v) is 8.00. The highest BCUT2D eigenvalue weighted by molar-refractivity contribution is 5.97. The summed E-state index contributed by atoms with van der Waals surface area (Å²) in [6.07, 6.45) is 3.48. The minimum absolute atomic E-state index is 0.00825. The fraction of sp³-hybridized carbons (Fsp3) is 0.292. The lowest BCUT2D eigenvalue weighted by atomic mass is 9.98. The van der Waals surface area contributed by atoms with Crippen LogP contribution in [0.15, 0.2) is 84.9 Å². The van der Waals surface area contributed by atoms with Crippen LogP contribution in [0.2, 0.25) is 0 Å². The number of carbonyl (C=O) groups excluding carboxylic acids is 2. The molecule has 3 aromatic heterocycles. The number of hydrogen-bond acceptors (Lipinski definition) is 4. The van der Waals surface area contributed by atoms with Crippen molar-refractivity contribution in [1.82, 2.24) is 30.6 Å². The average molecular weight is 745 g/mol. The minimum Gasteiger partial charge on any atom is -0.355 e. The number of hydrogen-bond donors (Lipinski definition) is 4. The zero-order chi connectivity index (χ0) is 39.3. The van der Waals surface area contributed by atoms with Gasteiger partial charge in [-0.15, -0.1) is 0 Å². The van der Waals surface area contributed by atoms with Crippen LogP contribution in [-0.4, -0.2) is 31.8 Å². The van der Waals surface area contributed by atoms with E-state index in [2.05, 4.69) is 86.4 Å². The first-order valence-electron chi connectivity index (χ1n) is 19.9. The van der Waals surface area contributed by atoms with Crippen molar-refractivity contribution in [2.24, 2.45) is 0 Å². The van der Waals surface area contributed by atoms with Crippen molar-refractivity contribution in [2.45, 2.75) is 93.2 Å². The molecule has 0 spiro atoms. The highest BCUT2D eigenvalue weighted by Crippen LogP contribution is 2.38. The van der Waals surface area contributed by atoms with Gasteiger partial charge in [0, 0.05) is 48.0 Å². The summed E-state index contributed by atoms with van der Waals surface area (Å²) in [6, 6.07) is 28.5. The molecule has 2 aliphatic rings. The molecule has 0 unspecified atom stereocenters. The first-order chi connectivity index (χ1) is 27.1. The highest BCUT2D eigenvalue weighted by atomic mass is 16.2. The largest absolute Gasteiger partial charge is 0.355 e.